The summed E-state index contributed by atoms with van der Waals surface area (Å²) in [6.07, 6.45) is 0.979. The molecule has 0 bridgehead atoms. The predicted molar refractivity (Wildman–Crippen MR) is 67.4 cm³/mol. The van der Waals surface area contributed by atoms with Crippen LogP contribution in [-0.2, 0) is 0 Å². The van der Waals surface area contributed by atoms with Crippen LogP contribution in [0.15, 0.2) is 9.52 Å². The van der Waals surface area contributed by atoms with Crippen LogP contribution in [-0.4, -0.2) is 17.7 Å². The van der Waals surface area contributed by atoms with Crippen molar-refractivity contribution in [3.8, 4) is 0 Å². The minimum Gasteiger partial charge on any atom is -0.361 e. The maximum Gasteiger partial charge on any atom is 0.206 e. The Hall–Kier alpha value is -1.56. The Morgan fingerprint density at radius 1 is 1.53 bits per heavy atom. The van der Waals surface area contributed by atoms with E-state index in [1.807, 2.05) is 20.8 Å². The van der Waals surface area contributed by atoms with Crippen molar-refractivity contribution in [1.82, 2.24) is 15.9 Å². The molecule has 17 heavy (non-hydrogen) atoms. The van der Waals surface area contributed by atoms with E-state index in [1.54, 1.807) is 0 Å². The maximum atomic E-state index is 5.41. The number of guanidine groups is 1. The van der Waals surface area contributed by atoms with Crippen LogP contribution >= 0.6 is 0 Å². The van der Waals surface area contributed by atoms with Crippen LogP contribution < -0.4 is 16.6 Å². The molecule has 0 aliphatic carbocycles. The summed E-state index contributed by atoms with van der Waals surface area (Å²) in [7, 11) is 0. The summed E-state index contributed by atoms with van der Waals surface area (Å²) in [5, 5.41) is 7.13. The molecule has 0 saturated heterocycles. The Kier molecular flexibility index (Phi) is 4.96. The van der Waals surface area contributed by atoms with Crippen LogP contribution in [0.2, 0.25) is 0 Å². The van der Waals surface area contributed by atoms with Gasteiger partial charge in [0.05, 0.1) is 11.7 Å². The van der Waals surface area contributed by atoms with Gasteiger partial charge < -0.3 is 9.84 Å². The minimum atomic E-state index is 0.0490. The lowest BCUT2D eigenvalue weighted by molar-refractivity contribution is 0.391. The lowest BCUT2D eigenvalue weighted by Crippen LogP contribution is -2.43. The van der Waals surface area contributed by atoms with Gasteiger partial charge in [0.1, 0.15) is 5.76 Å². The van der Waals surface area contributed by atoms with Gasteiger partial charge in [-0.2, -0.15) is 0 Å². The summed E-state index contributed by atoms with van der Waals surface area (Å²) in [4.78, 5) is 4.29. The molecule has 6 heteroatoms. The van der Waals surface area contributed by atoms with Crippen LogP contribution in [0.25, 0.3) is 0 Å². The fourth-order valence-corrected chi connectivity index (χ4v) is 1.74. The topological polar surface area (TPSA) is 88.5 Å². The summed E-state index contributed by atoms with van der Waals surface area (Å²) >= 11 is 0. The molecule has 4 N–H and O–H groups in total. The number of hydrazine groups is 1. The predicted octanol–water partition coefficient (Wildman–Crippen LogP) is 1.17. The van der Waals surface area contributed by atoms with Gasteiger partial charge in [-0.15, -0.1) is 0 Å². The van der Waals surface area contributed by atoms with Crippen molar-refractivity contribution in [2.24, 2.45) is 10.8 Å². The number of hydrogen-bond acceptors (Lipinski definition) is 4. The summed E-state index contributed by atoms with van der Waals surface area (Å²) in [6.45, 7) is 8.64. The van der Waals surface area contributed by atoms with Gasteiger partial charge in [0.25, 0.3) is 0 Å². The van der Waals surface area contributed by atoms with Crippen molar-refractivity contribution in [3.05, 3.63) is 17.0 Å². The molecular formula is C11H21N5O. The SMILES string of the molecule is CCCN=C(NN)NC(C)c1c(C)noc1C. The Morgan fingerprint density at radius 2 is 2.24 bits per heavy atom. The minimum absolute atomic E-state index is 0.0490. The number of nitrogens with two attached hydrogens (primary N) is 1. The highest BCUT2D eigenvalue weighted by molar-refractivity contribution is 5.79. The van der Waals surface area contributed by atoms with Gasteiger partial charge >= 0.3 is 0 Å². The molecule has 1 aromatic rings. The first-order chi connectivity index (χ1) is 8.10. The van der Waals surface area contributed by atoms with E-state index in [0.717, 1.165) is 30.0 Å². The first-order valence-electron chi connectivity index (χ1n) is 5.80. The lowest BCUT2D eigenvalue weighted by Gasteiger charge is -2.16. The second-order valence-electron chi connectivity index (χ2n) is 3.98. The van der Waals surface area contributed by atoms with Crippen molar-refractivity contribution in [2.75, 3.05) is 6.54 Å². The van der Waals surface area contributed by atoms with E-state index < -0.39 is 0 Å². The molecule has 0 aromatic carbocycles. The average Bonchev–Trinajstić information content (AvgIpc) is 2.64. The van der Waals surface area contributed by atoms with E-state index >= 15 is 0 Å². The van der Waals surface area contributed by atoms with Gasteiger partial charge in [-0.05, 0) is 27.2 Å². The largest absolute Gasteiger partial charge is 0.361 e. The zero-order valence-electron chi connectivity index (χ0n) is 10.9. The third-order valence-electron chi connectivity index (χ3n) is 2.51. The first kappa shape index (κ1) is 13.5. The van der Waals surface area contributed by atoms with Crippen molar-refractivity contribution in [3.63, 3.8) is 0 Å². The zero-order valence-corrected chi connectivity index (χ0v) is 10.9. The molecule has 6 nitrogen and oxygen atoms in total. The van der Waals surface area contributed by atoms with Gasteiger partial charge in [-0.25, -0.2) is 5.84 Å². The number of rotatable bonds is 4. The molecule has 0 amide bonds. The average molecular weight is 239 g/mol. The number of nitrogens with zero attached hydrogens (tertiary/aromatic N) is 2. The molecule has 0 aliphatic rings. The highest BCUT2D eigenvalue weighted by atomic mass is 16.5. The second kappa shape index (κ2) is 6.24. The van der Waals surface area contributed by atoms with Crippen molar-refractivity contribution >= 4 is 5.96 Å². The van der Waals surface area contributed by atoms with E-state index in [1.165, 1.54) is 0 Å². The van der Waals surface area contributed by atoms with Crippen LogP contribution in [0, 0.1) is 13.8 Å². The van der Waals surface area contributed by atoms with Crippen LogP contribution in [0.5, 0.6) is 0 Å². The molecule has 1 unspecified atom stereocenters. The van der Waals surface area contributed by atoms with Gasteiger partial charge in [-0.1, -0.05) is 12.1 Å². The first-order valence-corrected chi connectivity index (χ1v) is 5.80. The Balaban J connectivity index is 2.74. The molecule has 0 aliphatic heterocycles. The number of nitrogens with one attached hydrogen (secondary N) is 2. The standard InChI is InChI=1S/C11H21N5O/c1-5-6-13-11(15-12)14-7(2)10-8(3)16-17-9(10)4/h7H,5-6,12H2,1-4H3,(H2,13,14,15). The third-order valence-corrected chi connectivity index (χ3v) is 2.51. The van der Waals surface area contributed by atoms with E-state index in [9.17, 15) is 0 Å². The van der Waals surface area contributed by atoms with Crippen molar-refractivity contribution in [1.29, 1.82) is 0 Å². The number of aliphatic imine (C=N–C) groups is 1. The number of aromatic nitrogens is 1. The van der Waals surface area contributed by atoms with Crippen LogP contribution in [0.3, 0.4) is 0 Å². The normalized spacial score (nSPS) is 13.6. The molecule has 0 fully saturated rings. The van der Waals surface area contributed by atoms with E-state index in [-0.39, 0.29) is 6.04 Å². The Bertz CT molecular complexity index is 366. The lowest BCUT2D eigenvalue weighted by atomic mass is 10.1. The van der Waals surface area contributed by atoms with Gasteiger partial charge in [0, 0.05) is 12.1 Å². The fourth-order valence-electron chi connectivity index (χ4n) is 1.74. The molecule has 1 aromatic heterocycles. The third kappa shape index (κ3) is 3.45. The Labute approximate surface area is 102 Å². The number of aryl methyl sites for hydroxylation is 2. The molecule has 96 valence electrons. The molecule has 1 atom stereocenters. The van der Waals surface area contributed by atoms with Crippen LogP contribution in [0.1, 0.15) is 43.3 Å². The second-order valence-corrected chi connectivity index (χ2v) is 3.98. The maximum absolute atomic E-state index is 5.41. The summed E-state index contributed by atoms with van der Waals surface area (Å²) in [5.74, 6) is 6.81. The van der Waals surface area contributed by atoms with Crippen molar-refractivity contribution < 1.29 is 4.52 Å². The molecule has 1 heterocycles. The fraction of sp³-hybridized carbons (Fsp3) is 0.636. The summed E-state index contributed by atoms with van der Waals surface area (Å²) in [5.41, 5.74) is 4.49. The molecule has 0 spiro atoms. The molecule has 0 saturated carbocycles. The molecular weight excluding hydrogens is 218 g/mol. The zero-order chi connectivity index (χ0) is 12.8. The monoisotopic (exact) mass is 239 g/mol. The van der Waals surface area contributed by atoms with Crippen LogP contribution in [0.4, 0.5) is 0 Å². The molecule has 1 rings (SSSR count). The summed E-state index contributed by atoms with van der Waals surface area (Å²) < 4.78 is 5.13. The van der Waals surface area contributed by atoms with Gasteiger partial charge in [0.2, 0.25) is 5.96 Å². The summed E-state index contributed by atoms with van der Waals surface area (Å²) in [6, 6.07) is 0.0490. The highest BCUT2D eigenvalue weighted by Crippen LogP contribution is 2.20. The van der Waals surface area contributed by atoms with Gasteiger partial charge in [-0.3, -0.25) is 10.4 Å². The highest BCUT2D eigenvalue weighted by Gasteiger charge is 2.16. The van der Waals surface area contributed by atoms with Gasteiger partial charge in [0.15, 0.2) is 0 Å². The quantitative estimate of drug-likeness (QED) is 0.318. The van der Waals surface area contributed by atoms with E-state index in [0.29, 0.717) is 5.96 Å². The van der Waals surface area contributed by atoms with E-state index in [4.69, 9.17) is 10.4 Å². The van der Waals surface area contributed by atoms with Crippen molar-refractivity contribution in [2.45, 2.75) is 40.2 Å². The Morgan fingerprint density at radius 3 is 2.71 bits per heavy atom. The number of hydrogen-bond donors (Lipinski definition) is 3. The molecule has 0 radical (unpaired) electrons. The van der Waals surface area contributed by atoms with E-state index in [2.05, 4.69) is 27.8 Å². The smallest absolute Gasteiger partial charge is 0.206 e.